The van der Waals surface area contributed by atoms with E-state index in [0.29, 0.717) is 16.5 Å². The molecule has 2 aromatic carbocycles. The Bertz CT molecular complexity index is 867. The number of carbonyl (C=O) groups excluding carboxylic acids is 1. The van der Waals surface area contributed by atoms with Gasteiger partial charge in [0, 0.05) is 10.9 Å². The molecular weight excluding hydrogens is 365 g/mol. The van der Waals surface area contributed by atoms with Gasteiger partial charge in [-0.3, -0.25) is 0 Å². The first-order chi connectivity index (χ1) is 12.1. The van der Waals surface area contributed by atoms with Crippen LogP contribution >= 0.6 is 22.9 Å². The van der Waals surface area contributed by atoms with Crippen LogP contribution in [0.4, 0.5) is 4.39 Å². The summed E-state index contributed by atoms with van der Waals surface area (Å²) in [6, 6.07) is 12.8. The van der Waals surface area contributed by atoms with Crippen LogP contribution in [0, 0.1) is 5.82 Å². The highest BCUT2D eigenvalue weighted by atomic mass is 35.5. The molecule has 0 atom stereocenters. The molecule has 0 aliphatic carbocycles. The van der Waals surface area contributed by atoms with E-state index in [-0.39, 0.29) is 19.0 Å². The van der Waals surface area contributed by atoms with Crippen molar-refractivity contribution in [2.24, 2.45) is 0 Å². The van der Waals surface area contributed by atoms with E-state index in [2.05, 4.69) is 4.98 Å². The Kier molecular flexibility index (Phi) is 5.63. The first kappa shape index (κ1) is 17.4. The number of halogens is 2. The maximum atomic E-state index is 12.8. The quantitative estimate of drug-likeness (QED) is 0.583. The Morgan fingerprint density at radius 1 is 1.16 bits per heavy atom. The van der Waals surface area contributed by atoms with Crippen LogP contribution in [0.3, 0.4) is 0 Å². The molecule has 0 N–H and O–H groups in total. The van der Waals surface area contributed by atoms with E-state index in [1.54, 1.807) is 6.07 Å². The van der Waals surface area contributed by atoms with Gasteiger partial charge in [0.1, 0.15) is 23.2 Å². The summed E-state index contributed by atoms with van der Waals surface area (Å²) in [4.78, 5) is 16.1. The first-order valence-corrected chi connectivity index (χ1v) is 8.61. The van der Waals surface area contributed by atoms with Crippen LogP contribution in [-0.2, 0) is 16.1 Å². The van der Waals surface area contributed by atoms with Gasteiger partial charge in [-0.2, -0.15) is 0 Å². The maximum Gasteiger partial charge on any atom is 0.344 e. The lowest BCUT2D eigenvalue weighted by Gasteiger charge is -2.06. The van der Waals surface area contributed by atoms with Crippen molar-refractivity contribution < 1.29 is 18.7 Å². The molecule has 0 spiro atoms. The SMILES string of the molecule is O=C(COc1ccc(F)cc1)OCc1csc(-c2ccccc2Cl)n1. The molecule has 3 rings (SSSR count). The van der Waals surface area contributed by atoms with Gasteiger partial charge >= 0.3 is 5.97 Å². The molecule has 128 valence electrons. The van der Waals surface area contributed by atoms with Gasteiger partial charge in [-0.25, -0.2) is 14.2 Å². The molecule has 7 heteroatoms. The number of ether oxygens (including phenoxy) is 2. The molecular formula is C18H13ClFNO3S. The summed E-state index contributed by atoms with van der Waals surface area (Å²) in [6.45, 7) is -0.209. The summed E-state index contributed by atoms with van der Waals surface area (Å²) >= 11 is 7.57. The predicted octanol–water partition coefficient (Wildman–Crippen LogP) is 4.72. The second kappa shape index (κ2) is 8.09. The zero-order chi connectivity index (χ0) is 17.6. The van der Waals surface area contributed by atoms with Crippen molar-refractivity contribution in [3.63, 3.8) is 0 Å². The lowest BCUT2D eigenvalue weighted by atomic mass is 10.2. The average Bonchev–Trinajstić information content (AvgIpc) is 3.08. The summed E-state index contributed by atoms with van der Waals surface area (Å²) < 4.78 is 23.1. The zero-order valence-corrected chi connectivity index (χ0v) is 14.5. The molecule has 4 nitrogen and oxygen atoms in total. The Morgan fingerprint density at radius 2 is 1.92 bits per heavy atom. The van der Waals surface area contributed by atoms with Crippen LogP contribution < -0.4 is 4.74 Å². The number of rotatable bonds is 6. The minimum Gasteiger partial charge on any atom is -0.482 e. The van der Waals surface area contributed by atoms with Crippen LogP contribution in [0.2, 0.25) is 5.02 Å². The largest absolute Gasteiger partial charge is 0.482 e. The van der Waals surface area contributed by atoms with Crippen molar-refractivity contribution in [1.29, 1.82) is 0 Å². The van der Waals surface area contributed by atoms with E-state index in [9.17, 15) is 9.18 Å². The van der Waals surface area contributed by atoms with Crippen molar-refractivity contribution in [1.82, 2.24) is 4.98 Å². The summed E-state index contributed by atoms with van der Waals surface area (Å²) in [5.74, 6) is -0.502. The molecule has 0 fully saturated rings. The molecule has 1 aromatic heterocycles. The molecule has 0 unspecified atom stereocenters. The Balaban J connectivity index is 1.51. The smallest absolute Gasteiger partial charge is 0.344 e. The number of thiazole rings is 1. The lowest BCUT2D eigenvalue weighted by Crippen LogP contribution is -2.14. The molecule has 0 saturated heterocycles. The molecule has 3 aromatic rings. The van der Waals surface area contributed by atoms with E-state index in [1.165, 1.54) is 35.6 Å². The van der Waals surface area contributed by atoms with Gasteiger partial charge in [0.15, 0.2) is 6.61 Å². The Morgan fingerprint density at radius 3 is 2.68 bits per heavy atom. The molecule has 0 aliphatic heterocycles. The van der Waals surface area contributed by atoms with Crippen LogP contribution in [0.15, 0.2) is 53.9 Å². The van der Waals surface area contributed by atoms with Crippen LogP contribution in [0.25, 0.3) is 10.6 Å². The van der Waals surface area contributed by atoms with Gasteiger partial charge in [0.2, 0.25) is 0 Å². The van der Waals surface area contributed by atoms with Crippen LogP contribution in [0.5, 0.6) is 5.75 Å². The van der Waals surface area contributed by atoms with E-state index in [1.807, 2.05) is 23.6 Å². The van der Waals surface area contributed by atoms with E-state index < -0.39 is 5.97 Å². The van der Waals surface area contributed by atoms with Gasteiger partial charge in [-0.1, -0.05) is 29.8 Å². The first-order valence-electron chi connectivity index (χ1n) is 7.35. The number of hydrogen-bond donors (Lipinski definition) is 0. The Labute approximate surface area is 152 Å². The highest BCUT2D eigenvalue weighted by Crippen LogP contribution is 2.30. The van der Waals surface area contributed by atoms with Gasteiger partial charge in [0.05, 0.1) is 10.7 Å². The van der Waals surface area contributed by atoms with Gasteiger partial charge in [-0.15, -0.1) is 11.3 Å². The summed E-state index contributed by atoms with van der Waals surface area (Å²) in [5.41, 5.74) is 1.47. The van der Waals surface area contributed by atoms with Crippen molar-refractivity contribution in [3.05, 3.63) is 70.4 Å². The van der Waals surface area contributed by atoms with Crippen molar-refractivity contribution >= 4 is 28.9 Å². The highest BCUT2D eigenvalue weighted by Gasteiger charge is 2.10. The number of aromatic nitrogens is 1. The Hall–Kier alpha value is -2.44. The molecule has 0 bridgehead atoms. The minimum absolute atomic E-state index is 0.0482. The van der Waals surface area contributed by atoms with E-state index in [0.717, 1.165) is 10.6 Å². The summed E-state index contributed by atoms with van der Waals surface area (Å²) in [7, 11) is 0. The molecule has 0 amide bonds. The van der Waals surface area contributed by atoms with Gasteiger partial charge < -0.3 is 9.47 Å². The molecule has 0 saturated carbocycles. The third-order valence-corrected chi connectivity index (χ3v) is 4.46. The van der Waals surface area contributed by atoms with Gasteiger partial charge in [0.25, 0.3) is 0 Å². The van der Waals surface area contributed by atoms with Crippen LogP contribution in [0.1, 0.15) is 5.69 Å². The summed E-state index contributed by atoms with van der Waals surface area (Å²) in [6.07, 6.45) is 0. The van der Waals surface area contributed by atoms with Crippen molar-refractivity contribution in [2.75, 3.05) is 6.61 Å². The van der Waals surface area contributed by atoms with Crippen molar-refractivity contribution in [2.45, 2.75) is 6.61 Å². The monoisotopic (exact) mass is 377 g/mol. The molecule has 0 radical (unpaired) electrons. The predicted molar refractivity (Wildman–Crippen MR) is 94.3 cm³/mol. The fourth-order valence-corrected chi connectivity index (χ4v) is 3.13. The zero-order valence-electron chi connectivity index (χ0n) is 12.9. The highest BCUT2D eigenvalue weighted by molar-refractivity contribution is 7.13. The second-order valence-electron chi connectivity index (χ2n) is 5.03. The number of nitrogens with zero attached hydrogens (tertiary/aromatic N) is 1. The lowest BCUT2D eigenvalue weighted by molar-refractivity contribution is -0.147. The average molecular weight is 378 g/mol. The summed E-state index contributed by atoms with van der Waals surface area (Å²) in [5, 5.41) is 3.19. The molecule has 1 heterocycles. The van der Waals surface area contributed by atoms with Crippen molar-refractivity contribution in [3.8, 4) is 16.3 Å². The number of esters is 1. The van der Waals surface area contributed by atoms with Crippen LogP contribution in [-0.4, -0.2) is 17.6 Å². The van der Waals surface area contributed by atoms with Gasteiger partial charge in [-0.05, 0) is 30.3 Å². The number of hydrogen-bond acceptors (Lipinski definition) is 5. The normalized spacial score (nSPS) is 10.5. The van der Waals surface area contributed by atoms with E-state index in [4.69, 9.17) is 21.1 Å². The number of carbonyl (C=O) groups is 1. The molecule has 25 heavy (non-hydrogen) atoms. The third-order valence-electron chi connectivity index (χ3n) is 3.21. The fraction of sp³-hybridized carbons (Fsp3) is 0.111. The minimum atomic E-state index is -0.531. The molecule has 0 aliphatic rings. The second-order valence-corrected chi connectivity index (χ2v) is 6.29. The number of benzene rings is 2. The standard InChI is InChI=1S/C18H13ClFNO3S/c19-16-4-2-1-3-15(16)18-21-13(11-25-18)9-24-17(22)10-23-14-7-5-12(20)6-8-14/h1-8,11H,9-10H2. The fourth-order valence-electron chi connectivity index (χ4n) is 2.00. The maximum absolute atomic E-state index is 12.8. The third kappa shape index (κ3) is 4.78. The van der Waals surface area contributed by atoms with E-state index >= 15 is 0 Å². The topological polar surface area (TPSA) is 48.4 Å².